The van der Waals surface area contributed by atoms with Gasteiger partial charge in [0.25, 0.3) is 0 Å². The smallest absolute Gasteiger partial charge is 0.161 e. The first kappa shape index (κ1) is 16.1. The van der Waals surface area contributed by atoms with Gasteiger partial charge in [0.05, 0.1) is 21.3 Å². The van der Waals surface area contributed by atoms with Gasteiger partial charge in [0.1, 0.15) is 0 Å². The van der Waals surface area contributed by atoms with E-state index in [1.807, 2.05) is 6.07 Å². The molecule has 5 rings (SSSR count). The number of fused-ring (bicyclic) bond motifs is 1. The molecule has 2 heterocycles. The van der Waals surface area contributed by atoms with Crippen molar-refractivity contribution in [1.82, 2.24) is 4.90 Å². The third kappa shape index (κ3) is 2.26. The molecule has 2 aromatic rings. The van der Waals surface area contributed by atoms with Gasteiger partial charge in [0.2, 0.25) is 0 Å². The van der Waals surface area contributed by atoms with Crippen molar-refractivity contribution in [3.05, 3.63) is 46.5 Å². The zero-order valence-corrected chi connectivity index (χ0v) is 15.0. The second kappa shape index (κ2) is 5.85. The van der Waals surface area contributed by atoms with Gasteiger partial charge in [0.15, 0.2) is 23.0 Å². The lowest BCUT2D eigenvalue weighted by molar-refractivity contribution is 0.225. The largest absolute Gasteiger partial charge is 0.504 e. The van der Waals surface area contributed by atoms with E-state index in [1.54, 1.807) is 21.3 Å². The molecule has 2 unspecified atom stereocenters. The average molecular weight is 341 g/mol. The molecule has 0 spiro atoms. The van der Waals surface area contributed by atoms with E-state index < -0.39 is 0 Å². The van der Waals surface area contributed by atoms with Crippen molar-refractivity contribution >= 4 is 0 Å². The molecule has 2 atom stereocenters. The van der Waals surface area contributed by atoms with E-state index in [1.165, 1.54) is 16.7 Å². The summed E-state index contributed by atoms with van der Waals surface area (Å²) in [4.78, 5) is 2.35. The number of likely N-dealkylation sites (N-methyl/N-ethyl adjacent to an activating group) is 1. The number of ether oxygens (including phenoxy) is 3. The fourth-order valence-electron chi connectivity index (χ4n) is 4.33. The van der Waals surface area contributed by atoms with Crippen molar-refractivity contribution in [2.45, 2.75) is 18.4 Å². The van der Waals surface area contributed by atoms with Gasteiger partial charge >= 0.3 is 0 Å². The summed E-state index contributed by atoms with van der Waals surface area (Å²) in [5.74, 6) is 2.31. The maximum absolute atomic E-state index is 10.8. The molecule has 1 N–H and O–H groups in total. The second-order valence-corrected chi connectivity index (χ2v) is 6.74. The summed E-state index contributed by atoms with van der Waals surface area (Å²) in [5.41, 5.74) is 4.58. The molecule has 0 saturated carbocycles. The summed E-state index contributed by atoms with van der Waals surface area (Å²) in [5, 5.41) is 10.8. The van der Waals surface area contributed by atoms with E-state index in [0.717, 1.165) is 30.0 Å². The summed E-state index contributed by atoms with van der Waals surface area (Å²) in [6, 6.07) is 8.33. The highest BCUT2D eigenvalue weighted by Crippen LogP contribution is 2.52. The van der Waals surface area contributed by atoms with E-state index in [-0.39, 0.29) is 17.7 Å². The minimum Gasteiger partial charge on any atom is -0.504 e. The van der Waals surface area contributed by atoms with Crippen LogP contribution in [-0.4, -0.2) is 44.9 Å². The number of phenols is 1. The molecule has 0 fully saturated rings. The predicted octanol–water partition coefficient (Wildman–Crippen LogP) is 3.09. The van der Waals surface area contributed by atoms with Crippen molar-refractivity contribution in [3.63, 3.8) is 0 Å². The van der Waals surface area contributed by atoms with Crippen LogP contribution in [0.25, 0.3) is 0 Å². The SMILES string of the molecule is COc1cc2c(cc1OC)C1Cc3ccc(OC)c(O)c3C2CN1C. The van der Waals surface area contributed by atoms with Crippen LogP contribution in [-0.2, 0) is 6.42 Å². The number of nitrogens with zero attached hydrogens (tertiary/aromatic N) is 1. The van der Waals surface area contributed by atoms with Crippen molar-refractivity contribution in [2.24, 2.45) is 0 Å². The van der Waals surface area contributed by atoms with Crippen molar-refractivity contribution < 1.29 is 19.3 Å². The maximum atomic E-state index is 10.8. The number of rotatable bonds is 3. The molecule has 2 aliphatic heterocycles. The van der Waals surface area contributed by atoms with Crippen LogP contribution < -0.4 is 14.2 Å². The number of hydrogen-bond donors (Lipinski definition) is 1. The van der Waals surface area contributed by atoms with Gasteiger partial charge in [-0.3, -0.25) is 4.90 Å². The first-order valence-electron chi connectivity index (χ1n) is 8.43. The third-order valence-corrected chi connectivity index (χ3v) is 5.58. The molecule has 0 aromatic heterocycles. The van der Waals surface area contributed by atoms with E-state index in [4.69, 9.17) is 14.2 Å². The van der Waals surface area contributed by atoms with Gasteiger partial charge in [-0.1, -0.05) is 6.07 Å². The number of methoxy groups -OCH3 is 3. The maximum Gasteiger partial charge on any atom is 0.161 e. The number of hydrogen-bond acceptors (Lipinski definition) is 5. The lowest BCUT2D eigenvalue weighted by atomic mass is 9.83. The molecule has 2 aromatic carbocycles. The molecular weight excluding hydrogens is 318 g/mol. The van der Waals surface area contributed by atoms with Crippen LogP contribution in [0.1, 0.15) is 34.2 Å². The minimum atomic E-state index is 0.0728. The highest BCUT2D eigenvalue weighted by Gasteiger charge is 2.40. The topological polar surface area (TPSA) is 51.2 Å². The van der Waals surface area contributed by atoms with Crippen LogP contribution in [0.15, 0.2) is 24.3 Å². The molecule has 25 heavy (non-hydrogen) atoms. The first-order valence-corrected chi connectivity index (χ1v) is 8.43. The summed E-state index contributed by atoms with van der Waals surface area (Å²) in [7, 11) is 7.04. The number of aromatic hydroxyl groups is 1. The Morgan fingerprint density at radius 2 is 1.60 bits per heavy atom. The summed E-state index contributed by atoms with van der Waals surface area (Å²) >= 11 is 0. The lowest BCUT2D eigenvalue weighted by Crippen LogP contribution is -2.34. The minimum absolute atomic E-state index is 0.0728. The average Bonchev–Trinajstić information content (AvgIpc) is 2.85. The summed E-state index contributed by atoms with van der Waals surface area (Å²) in [6.45, 7) is 0.848. The predicted molar refractivity (Wildman–Crippen MR) is 95.1 cm³/mol. The van der Waals surface area contributed by atoms with Crippen molar-refractivity contribution in [3.8, 4) is 23.0 Å². The van der Waals surface area contributed by atoms with Crippen LogP contribution in [0.3, 0.4) is 0 Å². The fraction of sp³-hybridized carbons (Fsp3) is 0.400. The van der Waals surface area contributed by atoms with Gasteiger partial charge in [-0.2, -0.15) is 0 Å². The van der Waals surface area contributed by atoms with Gasteiger partial charge < -0.3 is 19.3 Å². The Hall–Kier alpha value is -2.40. The quantitative estimate of drug-likeness (QED) is 0.930. The van der Waals surface area contributed by atoms with Gasteiger partial charge in [-0.05, 0) is 48.4 Å². The van der Waals surface area contributed by atoms with Crippen LogP contribution in [0.2, 0.25) is 0 Å². The van der Waals surface area contributed by atoms with E-state index in [9.17, 15) is 5.11 Å². The molecule has 5 heteroatoms. The standard InChI is InChI=1S/C20H23NO4/c1-21-10-14-12-8-17(24-3)18(25-4)9-13(12)15(21)7-11-5-6-16(23-2)20(22)19(11)14/h5-6,8-9,14-15,22H,7,10H2,1-4H3. The molecule has 0 amide bonds. The molecule has 3 aliphatic rings. The van der Waals surface area contributed by atoms with Crippen LogP contribution >= 0.6 is 0 Å². The molecule has 132 valence electrons. The van der Waals surface area contributed by atoms with Crippen LogP contribution in [0.4, 0.5) is 0 Å². The zero-order chi connectivity index (χ0) is 17.7. The molecule has 0 saturated heterocycles. The Kier molecular flexibility index (Phi) is 3.76. The molecule has 0 radical (unpaired) electrons. The van der Waals surface area contributed by atoms with Crippen LogP contribution in [0.5, 0.6) is 23.0 Å². The molecule has 2 bridgehead atoms. The molecule has 5 nitrogen and oxygen atoms in total. The highest BCUT2D eigenvalue weighted by molar-refractivity contribution is 5.61. The van der Waals surface area contributed by atoms with Crippen molar-refractivity contribution in [2.75, 3.05) is 34.9 Å². The Morgan fingerprint density at radius 3 is 2.24 bits per heavy atom. The van der Waals surface area contributed by atoms with Gasteiger partial charge in [0, 0.05) is 24.1 Å². The Labute approximate surface area is 147 Å². The van der Waals surface area contributed by atoms with E-state index in [2.05, 4.69) is 30.1 Å². The van der Waals surface area contributed by atoms with Crippen molar-refractivity contribution in [1.29, 1.82) is 0 Å². The highest BCUT2D eigenvalue weighted by atomic mass is 16.5. The zero-order valence-electron chi connectivity index (χ0n) is 15.0. The molecule has 1 aliphatic carbocycles. The molecular formula is C20H23NO4. The summed E-state index contributed by atoms with van der Waals surface area (Å²) in [6.07, 6.45) is 0.850. The van der Waals surface area contributed by atoms with E-state index in [0.29, 0.717) is 5.75 Å². The number of phenolic OH excluding ortho intramolecular Hbond substituents is 1. The fourth-order valence-corrected chi connectivity index (χ4v) is 4.33. The number of benzene rings is 2. The van der Waals surface area contributed by atoms with E-state index >= 15 is 0 Å². The Balaban J connectivity index is 1.98. The summed E-state index contributed by atoms with van der Waals surface area (Å²) < 4.78 is 16.4. The Morgan fingerprint density at radius 1 is 0.960 bits per heavy atom. The van der Waals surface area contributed by atoms with Gasteiger partial charge in [-0.25, -0.2) is 0 Å². The monoisotopic (exact) mass is 341 g/mol. The first-order chi connectivity index (χ1) is 12.1. The van der Waals surface area contributed by atoms with Crippen LogP contribution in [0, 0.1) is 0 Å². The lowest BCUT2D eigenvalue weighted by Gasteiger charge is -2.36. The Bertz CT molecular complexity index is 833. The normalized spacial score (nSPS) is 21.3. The second-order valence-electron chi connectivity index (χ2n) is 6.74. The third-order valence-electron chi connectivity index (χ3n) is 5.58. The van der Waals surface area contributed by atoms with Gasteiger partial charge in [-0.15, -0.1) is 0 Å².